The van der Waals surface area contributed by atoms with E-state index in [4.69, 9.17) is 0 Å². The van der Waals surface area contributed by atoms with Crippen molar-refractivity contribution in [2.45, 2.75) is 13.5 Å². The highest BCUT2D eigenvalue weighted by molar-refractivity contribution is 9.10. The van der Waals surface area contributed by atoms with Crippen LogP contribution in [0.1, 0.15) is 21.5 Å². The minimum atomic E-state index is -0.196. The Bertz CT molecular complexity index is 863. The van der Waals surface area contributed by atoms with E-state index >= 15 is 0 Å². The molecule has 5 nitrogen and oxygen atoms in total. The molecule has 0 aliphatic carbocycles. The average Bonchev–Trinajstić information content (AvgIpc) is 2.63. The fraction of sp³-hybridized carbons (Fsp3) is 0.105. The Labute approximate surface area is 154 Å². The van der Waals surface area contributed by atoms with Gasteiger partial charge in [-0.2, -0.15) is 0 Å². The predicted molar refractivity (Wildman–Crippen MR) is 102 cm³/mol. The number of nitrogens with zero attached hydrogens (tertiary/aromatic N) is 2. The summed E-state index contributed by atoms with van der Waals surface area (Å²) in [4.78, 5) is 20.6. The molecule has 1 heterocycles. The molecular weight excluding hydrogens is 380 g/mol. The summed E-state index contributed by atoms with van der Waals surface area (Å²) in [6.45, 7) is 2.50. The molecule has 3 rings (SSSR count). The number of anilines is 2. The zero-order valence-electron chi connectivity index (χ0n) is 13.7. The number of halogens is 1. The third-order valence-corrected chi connectivity index (χ3v) is 4.24. The number of rotatable bonds is 5. The Balaban J connectivity index is 1.60. The van der Waals surface area contributed by atoms with Crippen molar-refractivity contribution in [1.82, 2.24) is 15.3 Å². The van der Waals surface area contributed by atoms with Crippen LogP contribution in [0.4, 0.5) is 11.6 Å². The van der Waals surface area contributed by atoms with Crippen LogP contribution in [0.25, 0.3) is 0 Å². The number of hydrogen-bond acceptors (Lipinski definition) is 4. The van der Waals surface area contributed by atoms with Crippen LogP contribution in [-0.4, -0.2) is 15.9 Å². The minimum Gasteiger partial charge on any atom is -0.348 e. The standard InChI is InChI=1S/C19H17BrN4O/c1-13-4-2-3-5-14(13)10-21-18(25)15-11-22-19(23-12-15)24-17-8-6-16(20)7-9-17/h2-9,11-12H,10H2,1H3,(H,21,25)(H,22,23,24). The summed E-state index contributed by atoms with van der Waals surface area (Å²) in [5.41, 5.74) is 3.54. The van der Waals surface area contributed by atoms with E-state index in [0.717, 1.165) is 21.3 Å². The molecule has 0 spiro atoms. The van der Waals surface area contributed by atoms with Crippen molar-refractivity contribution in [2.24, 2.45) is 0 Å². The molecule has 6 heteroatoms. The second-order valence-electron chi connectivity index (χ2n) is 5.54. The highest BCUT2D eigenvalue weighted by Gasteiger charge is 2.08. The van der Waals surface area contributed by atoms with Crippen LogP contribution in [0.5, 0.6) is 0 Å². The number of aromatic nitrogens is 2. The van der Waals surface area contributed by atoms with Crippen LogP contribution in [0.2, 0.25) is 0 Å². The van der Waals surface area contributed by atoms with E-state index in [1.165, 1.54) is 12.4 Å². The Kier molecular flexibility index (Phi) is 5.40. The number of carbonyl (C=O) groups excluding carboxylic acids is 1. The van der Waals surface area contributed by atoms with Crippen molar-refractivity contribution in [1.29, 1.82) is 0 Å². The van der Waals surface area contributed by atoms with Crippen molar-refractivity contribution in [3.8, 4) is 0 Å². The summed E-state index contributed by atoms with van der Waals surface area (Å²) >= 11 is 3.39. The van der Waals surface area contributed by atoms with Gasteiger partial charge in [0.2, 0.25) is 5.95 Å². The molecule has 0 fully saturated rings. The highest BCUT2D eigenvalue weighted by Crippen LogP contribution is 2.16. The second-order valence-corrected chi connectivity index (χ2v) is 6.45. The van der Waals surface area contributed by atoms with E-state index in [0.29, 0.717) is 18.1 Å². The van der Waals surface area contributed by atoms with E-state index in [2.05, 4.69) is 36.5 Å². The van der Waals surface area contributed by atoms with Crippen molar-refractivity contribution in [3.63, 3.8) is 0 Å². The molecule has 1 amide bonds. The molecule has 2 N–H and O–H groups in total. The predicted octanol–water partition coefficient (Wildman–Crippen LogP) is 4.22. The second kappa shape index (κ2) is 7.90. The molecular formula is C19H17BrN4O. The number of aryl methyl sites for hydroxylation is 1. The molecule has 0 bridgehead atoms. The summed E-state index contributed by atoms with van der Waals surface area (Å²) in [5, 5.41) is 5.97. The van der Waals surface area contributed by atoms with Crippen LogP contribution in [0, 0.1) is 6.92 Å². The molecule has 126 valence electrons. The zero-order valence-corrected chi connectivity index (χ0v) is 15.2. The first-order valence-corrected chi connectivity index (χ1v) is 8.58. The van der Waals surface area contributed by atoms with Gasteiger partial charge in [-0.05, 0) is 42.3 Å². The first kappa shape index (κ1) is 17.1. The van der Waals surface area contributed by atoms with Gasteiger partial charge in [-0.25, -0.2) is 9.97 Å². The SMILES string of the molecule is Cc1ccccc1CNC(=O)c1cnc(Nc2ccc(Br)cc2)nc1. The first-order valence-electron chi connectivity index (χ1n) is 7.79. The van der Waals surface area contributed by atoms with Crippen LogP contribution < -0.4 is 10.6 Å². The van der Waals surface area contributed by atoms with Crippen LogP contribution >= 0.6 is 15.9 Å². The smallest absolute Gasteiger partial charge is 0.254 e. The lowest BCUT2D eigenvalue weighted by atomic mass is 10.1. The van der Waals surface area contributed by atoms with Gasteiger partial charge in [0.15, 0.2) is 0 Å². The maximum Gasteiger partial charge on any atom is 0.254 e. The minimum absolute atomic E-state index is 0.196. The summed E-state index contributed by atoms with van der Waals surface area (Å²) in [6.07, 6.45) is 3.03. The van der Waals surface area contributed by atoms with E-state index in [9.17, 15) is 4.79 Å². The summed E-state index contributed by atoms with van der Waals surface area (Å²) in [5.74, 6) is 0.247. The van der Waals surface area contributed by atoms with Gasteiger partial charge in [0.05, 0.1) is 5.56 Å². The Morgan fingerprint density at radius 2 is 1.72 bits per heavy atom. The fourth-order valence-corrected chi connectivity index (χ4v) is 2.52. The number of amides is 1. The molecule has 0 unspecified atom stereocenters. The maximum atomic E-state index is 12.2. The van der Waals surface area contributed by atoms with Crippen LogP contribution in [0.3, 0.4) is 0 Å². The van der Waals surface area contributed by atoms with Crippen molar-refractivity contribution >= 4 is 33.5 Å². The first-order chi connectivity index (χ1) is 12.1. The molecule has 3 aromatic rings. The summed E-state index contributed by atoms with van der Waals surface area (Å²) in [6, 6.07) is 15.6. The molecule has 2 aromatic carbocycles. The van der Waals surface area contributed by atoms with E-state index in [1.807, 2.05) is 55.5 Å². The van der Waals surface area contributed by atoms with Gasteiger partial charge in [0, 0.05) is 29.1 Å². The lowest BCUT2D eigenvalue weighted by molar-refractivity contribution is 0.0950. The van der Waals surface area contributed by atoms with Gasteiger partial charge in [-0.3, -0.25) is 4.79 Å². The van der Waals surface area contributed by atoms with Gasteiger partial charge < -0.3 is 10.6 Å². The van der Waals surface area contributed by atoms with Gasteiger partial charge >= 0.3 is 0 Å². The van der Waals surface area contributed by atoms with Crippen molar-refractivity contribution in [2.75, 3.05) is 5.32 Å². The normalized spacial score (nSPS) is 10.3. The van der Waals surface area contributed by atoms with E-state index in [-0.39, 0.29) is 5.91 Å². The molecule has 0 saturated carbocycles. The molecule has 25 heavy (non-hydrogen) atoms. The summed E-state index contributed by atoms with van der Waals surface area (Å²) in [7, 11) is 0. The number of nitrogens with one attached hydrogen (secondary N) is 2. The monoisotopic (exact) mass is 396 g/mol. The van der Waals surface area contributed by atoms with Crippen molar-refractivity contribution < 1.29 is 4.79 Å². The fourth-order valence-electron chi connectivity index (χ4n) is 2.26. The molecule has 0 saturated heterocycles. The Hall–Kier alpha value is -2.73. The zero-order chi connectivity index (χ0) is 17.6. The van der Waals surface area contributed by atoms with Gasteiger partial charge in [0.1, 0.15) is 0 Å². The molecule has 1 aromatic heterocycles. The molecule has 0 aliphatic rings. The highest BCUT2D eigenvalue weighted by atomic mass is 79.9. The third-order valence-electron chi connectivity index (χ3n) is 3.72. The topological polar surface area (TPSA) is 66.9 Å². The molecule has 0 aliphatic heterocycles. The van der Waals surface area contributed by atoms with Crippen molar-refractivity contribution in [3.05, 3.63) is 82.1 Å². The summed E-state index contributed by atoms with van der Waals surface area (Å²) < 4.78 is 1.000. The number of hydrogen-bond donors (Lipinski definition) is 2. The van der Waals surface area contributed by atoms with E-state index in [1.54, 1.807) is 0 Å². The Morgan fingerprint density at radius 3 is 2.40 bits per heavy atom. The lowest BCUT2D eigenvalue weighted by Gasteiger charge is -2.08. The average molecular weight is 397 g/mol. The van der Waals surface area contributed by atoms with Gasteiger partial charge in [-0.15, -0.1) is 0 Å². The van der Waals surface area contributed by atoms with Crippen LogP contribution in [-0.2, 0) is 6.54 Å². The van der Waals surface area contributed by atoms with E-state index < -0.39 is 0 Å². The number of carbonyl (C=O) groups is 1. The quantitative estimate of drug-likeness (QED) is 0.677. The Morgan fingerprint density at radius 1 is 1.04 bits per heavy atom. The maximum absolute atomic E-state index is 12.2. The van der Waals surface area contributed by atoms with Gasteiger partial charge in [-0.1, -0.05) is 40.2 Å². The van der Waals surface area contributed by atoms with Crippen LogP contribution in [0.15, 0.2) is 65.4 Å². The lowest BCUT2D eigenvalue weighted by Crippen LogP contribution is -2.23. The molecule has 0 radical (unpaired) electrons. The third kappa shape index (κ3) is 4.64. The molecule has 0 atom stereocenters. The largest absolute Gasteiger partial charge is 0.348 e. The van der Waals surface area contributed by atoms with Gasteiger partial charge in [0.25, 0.3) is 5.91 Å². The number of benzene rings is 2.